The van der Waals surface area contributed by atoms with Gasteiger partial charge in [-0.3, -0.25) is 0 Å². The number of hydrogen-bond acceptors (Lipinski definition) is 2. The van der Waals surface area contributed by atoms with Crippen LogP contribution in [-0.2, 0) is 4.79 Å². The van der Waals surface area contributed by atoms with Crippen LogP contribution in [0.2, 0.25) is 0 Å². The second-order valence-electron chi connectivity index (χ2n) is 8.95. The van der Waals surface area contributed by atoms with E-state index >= 15 is 0 Å². The minimum absolute atomic E-state index is 0.0200. The molecular weight excluding hydrogens is 447 g/mol. The Hall–Kier alpha value is -3.73. The SMILES string of the molecule is CCC(C(=O)Nc1c(C)cc(C#N)cc1C)[PH](c1ccccc1)(c1ccccc1)c1ccccc1. The van der Waals surface area contributed by atoms with E-state index in [0.717, 1.165) is 16.8 Å². The fraction of sp³-hybridized carbons (Fsp3) is 0.161. The van der Waals surface area contributed by atoms with Gasteiger partial charge in [-0.05, 0) is 0 Å². The molecule has 0 fully saturated rings. The summed E-state index contributed by atoms with van der Waals surface area (Å²) < 4.78 is 0. The third-order valence-electron chi connectivity index (χ3n) is 6.84. The number of hydrogen-bond donors (Lipinski definition) is 1. The Morgan fingerprint density at radius 1 is 0.800 bits per heavy atom. The molecule has 3 nitrogen and oxygen atoms in total. The molecule has 0 aliphatic rings. The van der Waals surface area contributed by atoms with E-state index in [0.29, 0.717) is 12.0 Å². The molecule has 0 heterocycles. The first-order valence-electron chi connectivity index (χ1n) is 12.0. The third kappa shape index (κ3) is 4.63. The number of rotatable bonds is 7. The van der Waals surface area contributed by atoms with Crippen LogP contribution in [0.5, 0.6) is 0 Å². The Morgan fingerprint density at radius 3 is 1.54 bits per heavy atom. The van der Waals surface area contributed by atoms with Gasteiger partial charge in [0.15, 0.2) is 0 Å². The summed E-state index contributed by atoms with van der Waals surface area (Å²) in [6, 6.07) is 37.5. The van der Waals surface area contributed by atoms with Crippen LogP contribution in [-0.4, -0.2) is 11.6 Å². The topological polar surface area (TPSA) is 52.9 Å². The molecule has 4 aromatic rings. The molecule has 0 aliphatic carbocycles. The zero-order valence-corrected chi connectivity index (χ0v) is 21.5. The van der Waals surface area contributed by atoms with E-state index in [1.807, 2.05) is 44.2 Å². The second-order valence-corrected chi connectivity index (χ2v) is 13.0. The predicted octanol–water partition coefficient (Wildman–Crippen LogP) is 5.62. The number of carbonyl (C=O) groups is 1. The van der Waals surface area contributed by atoms with Crippen LogP contribution >= 0.6 is 7.26 Å². The van der Waals surface area contributed by atoms with Gasteiger partial charge in [0.25, 0.3) is 0 Å². The van der Waals surface area contributed by atoms with Crippen molar-refractivity contribution in [2.24, 2.45) is 0 Å². The van der Waals surface area contributed by atoms with Crippen molar-refractivity contribution in [1.82, 2.24) is 0 Å². The average Bonchev–Trinajstić information content (AvgIpc) is 2.90. The van der Waals surface area contributed by atoms with Crippen molar-refractivity contribution in [2.45, 2.75) is 32.9 Å². The number of aryl methyl sites for hydroxylation is 2. The Kier molecular flexibility index (Phi) is 7.45. The molecule has 1 atom stereocenters. The van der Waals surface area contributed by atoms with Crippen molar-refractivity contribution in [3.05, 3.63) is 120 Å². The molecule has 1 unspecified atom stereocenters. The summed E-state index contributed by atoms with van der Waals surface area (Å²) in [5.41, 5.74) is 2.95. The summed E-state index contributed by atoms with van der Waals surface area (Å²) in [4.78, 5) is 14.2. The Bertz CT molecular complexity index is 1230. The van der Waals surface area contributed by atoms with Crippen LogP contribution < -0.4 is 21.2 Å². The number of carbonyl (C=O) groups excluding carboxylic acids is 1. The standard InChI is InChI=1S/C31H31N2OP/c1-4-29(31(34)33-30-23(2)20-25(22-32)21-24(30)3)35(26-14-8-5-9-15-26,27-16-10-6-11-17-27)28-18-12-7-13-19-28/h5-21,29,35H,4H2,1-3H3,(H,33,34). The summed E-state index contributed by atoms with van der Waals surface area (Å²) in [6.45, 7) is 6.00. The number of nitriles is 1. The van der Waals surface area contributed by atoms with Gasteiger partial charge in [0.05, 0.1) is 0 Å². The average molecular weight is 479 g/mol. The van der Waals surface area contributed by atoms with Gasteiger partial charge in [-0.1, -0.05) is 0 Å². The van der Waals surface area contributed by atoms with Crippen molar-refractivity contribution in [3.8, 4) is 6.07 Å². The predicted molar refractivity (Wildman–Crippen MR) is 150 cm³/mol. The summed E-state index contributed by atoms with van der Waals surface area (Å²) >= 11 is 0. The van der Waals surface area contributed by atoms with E-state index in [2.05, 4.69) is 91.1 Å². The zero-order valence-electron chi connectivity index (χ0n) is 20.5. The summed E-state index contributed by atoms with van der Waals surface area (Å²) in [5, 5.41) is 16.3. The first kappa shape index (κ1) is 24.4. The fourth-order valence-corrected chi connectivity index (χ4v) is 10.8. The molecular formula is C31H31N2OP. The van der Waals surface area contributed by atoms with Crippen LogP contribution in [0, 0.1) is 25.2 Å². The molecule has 4 rings (SSSR count). The molecule has 4 heteroatoms. The van der Waals surface area contributed by atoms with Gasteiger partial charge >= 0.3 is 209 Å². The van der Waals surface area contributed by atoms with E-state index < -0.39 is 7.26 Å². The molecule has 0 aliphatic heterocycles. The number of nitrogens with zero attached hydrogens (tertiary/aromatic N) is 1. The maximum absolute atomic E-state index is 14.2. The zero-order chi connectivity index (χ0) is 24.8. The monoisotopic (exact) mass is 478 g/mol. The first-order valence-corrected chi connectivity index (χ1v) is 14.1. The molecule has 1 amide bonds. The molecule has 4 aromatic carbocycles. The molecule has 1 N–H and O–H groups in total. The Balaban J connectivity index is 1.93. The number of benzene rings is 4. The minimum atomic E-state index is -2.79. The van der Waals surface area contributed by atoms with Gasteiger partial charge in [0.1, 0.15) is 0 Å². The van der Waals surface area contributed by atoms with Crippen molar-refractivity contribution >= 4 is 34.8 Å². The van der Waals surface area contributed by atoms with Crippen molar-refractivity contribution in [2.75, 3.05) is 5.32 Å². The van der Waals surface area contributed by atoms with Crippen molar-refractivity contribution in [3.63, 3.8) is 0 Å². The van der Waals surface area contributed by atoms with E-state index in [-0.39, 0.29) is 11.6 Å². The molecule has 176 valence electrons. The molecule has 0 radical (unpaired) electrons. The van der Waals surface area contributed by atoms with Crippen LogP contribution in [0.3, 0.4) is 0 Å². The summed E-state index contributed by atoms with van der Waals surface area (Å²) in [7, 11) is -2.79. The summed E-state index contributed by atoms with van der Waals surface area (Å²) in [6.07, 6.45) is 0.700. The number of anilines is 1. The molecule has 0 saturated heterocycles. The third-order valence-corrected chi connectivity index (χ3v) is 12.3. The van der Waals surface area contributed by atoms with E-state index in [4.69, 9.17) is 0 Å². The van der Waals surface area contributed by atoms with Gasteiger partial charge < -0.3 is 0 Å². The molecule has 35 heavy (non-hydrogen) atoms. The van der Waals surface area contributed by atoms with E-state index in [1.54, 1.807) is 0 Å². The van der Waals surface area contributed by atoms with Gasteiger partial charge in [0, 0.05) is 0 Å². The van der Waals surface area contributed by atoms with E-state index in [1.165, 1.54) is 15.9 Å². The molecule has 0 saturated carbocycles. The van der Waals surface area contributed by atoms with Gasteiger partial charge in [-0.25, -0.2) is 0 Å². The second kappa shape index (κ2) is 10.7. The van der Waals surface area contributed by atoms with Crippen LogP contribution in [0.4, 0.5) is 5.69 Å². The van der Waals surface area contributed by atoms with Crippen molar-refractivity contribution in [1.29, 1.82) is 5.26 Å². The van der Waals surface area contributed by atoms with Gasteiger partial charge in [-0.2, -0.15) is 0 Å². The number of nitrogens with one attached hydrogen (secondary N) is 1. The Labute approximate surface area is 208 Å². The Morgan fingerprint density at radius 2 is 1.20 bits per heavy atom. The number of amides is 1. The summed E-state index contributed by atoms with van der Waals surface area (Å²) in [5.74, 6) is 0.0200. The quantitative estimate of drug-likeness (QED) is 0.351. The van der Waals surface area contributed by atoms with Crippen LogP contribution in [0.25, 0.3) is 0 Å². The first-order chi connectivity index (χ1) is 17.0. The fourth-order valence-electron chi connectivity index (χ4n) is 5.33. The van der Waals surface area contributed by atoms with Crippen LogP contribution in [0.1, 0.15) is 30.0 Å². The van der Waals surface area contributed by atoms with Crippen molar-refractivity contribution < 1.29 is 4.79 Å². The van der Waals surface area contributed by atoms with E-state index in [9.17, 15) is 10.1 Å². The molecule has 0 bridgehead atoms. The van der Waals surface area contributed by atoms with Crippen LogP contribution in [0.15, 0.2) is 103 Å². The maximum atomic E-state index is 14.2. The van der Waals surface area contributed by atoms with Gasteiger partial charge in [0.2, 0.25) is 0 Å². The van der Waals surface area contributed by atoms with Gasteiger partial charge in [-0.15, -0.1) is 0 Å². The normalized spacial score (nSPS) is 12.4. The molecule has 0 aromatic heterocycles. The molecule has 0 spiro atoms.